The monoisotopic (exact) mass is 316 g/mol. The van der Waals surface area contributed by atoms with Crippen LogP contribution in [-0.2, 0) is 18.6 Å². The van der Waals surface area contributed by atoms with Crippen molar-refractivity contribution in [2.75, 3.05) is 6.54 Å². The maximum absolute atomic E-state index is 11.9. The third-order valence-corrected chi connectivity index (χ3v) is 4.07. The van der Waals surface area contributed by atoms with Crippen molar-refractivity contribution in [2.24, 2.45) is 0 Å². The molecule has 2 aromatic rings. The third-order valence-electron chi connectivity index (χ3n) is 4.07. The quantitative estimate of drug-likeness (QED) is 0.791. The van der Waals surface area contributed by atoms with E-state index in [1.54, 1.807) is 6.92 Å². The first kappa shape index (κ1) is 15.5. The van der Waals surface area contributed by atoms with Gasteiger partial charge in [-0.05, 0) is 30.4 Å². The molecule has 0 aliphatic heterocycles. The molecule has 0 saturated carbocycles. The summed E-state index contributed by atoms with van der Waals surface area (Å²) in [6, 6.07) is 7.46. The average molecular weight is 316 g/mol. The summed E-state index contributed by atoms with van der Waals surface area (Å²) in [5, 5.41) is 20.0. The van der Waals surface area contributed by atoms with Gasteiger partial charge in [-0.1, -0.05) is 29.4 Å². The molecule has 1 aromatic heterocycles. The van der Waals surface area contributed by atoms with Crippen LogP contribution in [0.2, 0.25) is 0 Å². The Hall–Kier alpha value is -2.41. The van der Waals surface area contributed by atoms with Crippen LogP contribution in [0.4, 0.5) is 4.79 Å². The maximum Gasteiger partial charge on any atom is 0.315 e. The van der Waals surface area contributed by atoms with Crippen LogP contribution >= 0.6 is 0 Å². The molecule has 0 radical (unpaired) electrons. The molecule has 1 aliphatic carbocycles. The Bertz CT molecular complexity index is 700. The maximum atomic E-state index is 11.9. The number of nitrogens with zero attached hydrogens (tertiary/aromatic N) is 2. The first-order valence-electron chi connectivity index (χ1n) is 7.68. The van der Waals surface area contributed by atoms with Crippen molar-refractivity contribution in [1.82, 2.24) is 20.8 Å². The lowest BCUT2D eigenvalue weighted by molar-refractivity contribution is 0.0217. The minimum Gasteiger partial charge on any atom is -0.383 e. The minimum atomic E-state index is -1.02. The zero-order valence-corrected chi connectivity index (χ0v) is 13.0. The first-order chi connectivity index (χ1) is 11.1. The van der Waals surface area contributed by atoms with Gasteiger partial charge in [0.2, 0.25) is 5.89 Å². The first-order valence-corrected chi connectivity index (χ1v) is 7.68. The molecule has 1 heterocycles. The van der Waals surface area contributed by atoms with Crippen molar-refractivity contribution in [3.8, 4) is 0 Å². The fourth-order valence-corrected chi connectivity index (χ4v) is 2.94. The molecule has 7 heteroatoms. The summed E-state index contributed by atoms with van der Waals surface area (Å²) in [5.41, 5.74) is 1.03. The molecule has 3 rings (SSSR count). The molecule has 1 aromatic carbocycles. The molecule has 122 valence electrons. The second kappa shape index (κ2) is 6.37. The van der Waals surface area contributed by atoms with E-state index in [-0.39, 0.29) is 19.1 Å². The Labute approximate surface area is 134 Å². The number of aromatic nitrogens is 2. The highest BCUT2D eigenvalue weighted by Gasteiger charge is 2.34. The number of aliphatic hydroxyl groups is 1. The average Bonchev–Trinajstić information content (AvgIpc) is 2.97. The number of benzene rings is 1. The number of urea groups is 1. The lowest BCUT2D eigenvalue weighted by Crippen LogP contribution is -2.46. The summed E-state index contributed by atoms with van der Waals surface area (Å²) in [7, 11) is 0. The summed E-state index contributed by atoms with van der Waals surface area (Å²) in [5.74, 6) is 0.870. The molecule has 3 N–H and O–H groups in total. The van der Waals surface area contributed by atoms with Crippen LogP contribution < -0.4 is 10.6 Å². The van der Waals surface area contributed by atoms with E-state index in [0.29, 0.717) is 18.1 Å². The SMILES string of the molecule is Cc1nc(CNC(=O)NCC2(O)CCCc3ccccc32)no1. The second-order valence-electron chi connectivity index (χ2n) is 5.81. The molecule has 0 spiro atoms. The molecule has 0 fully saturated rings. The van der Waals surface area contributed by atoms with Crippen LogP contribution in [-0.4, -0.2) is 27.8 Å². The van der Waals surface area contributed by atoms with Gasteiger partial charge in [0.1, 0.15) is 5.60 Å². The molecule has 1 unspecified atom stereocenters. The Kier molecular flexibility index (Phi) is 4.29. The van der Waals surface area contributed by atoms with Crippen molar-refractivity contribution in [1.29, 1.82) is 0 Å². The fraction of sp³-hybridized carbons (Fsp3) is 0.438. The van der Waals surface area contributed by atoms with E-state index < -0.39 is 5.60 Å². The Morgan fingerprint density at radius 2 is 2.22 bits per heavy atom. The Morgan fingerprint density at radius 3 is 3.00 bits per heavy atom. The van der Waals surface area contributed by atoms with E-state index in [0.717, 1.165) is 24.0 Å². The number of carbonyl (C=O) groups is 1. The largest absolute Gasteiger partial charge is 0.383 e. The molecular weight excluding hydrogens is 296 g/mol. The standard InChI is InChI=1S/C16H20N4O3/c1-11-19-14(20-23-11)9-17-15(21)18-10-16(22)8-4-6-12-5-2-3-7-13(12)16/h2-3,5,7,22H,4,6,8-10H2,1H3,(H2,17,18,21). The fourth-order valence-electron chi connectivity index (χ4n) is 2.94. The lowest BCUT2D eigenvalue weighted by Gasteiger charge is -2.34. The van der Waals surface area contributed by atoms with E-state index >= 15 is 0 Å². The highest BCUT2D eigenvalue weighted by Crippen LogP contribution is 2.34. The molecular formula is C16H20N4O3. The molecule has 2 amide bonds. The second-order valence-corrected chi connectivity index (χ2v) is 5.81. The normalized spacial score (nSPS) is 19.9. The van der Waals surface area contributed by atoms with E-state index in [4.69, 9.17) is 4.52 Å². The highest BCUT2D eigenvalue weighted by atomic mass is 16.5. The van der Waals surface area contributed by atoms with Crippen LogP contribution in [0.5, 0.6) is 0 Å². The van der Waals surface area contributed by atoms with Gasteiger partial charge in [-0.15, -0.1) is 0 Å². The minimum absolute atomic E-state index is 0.168. The zero-order chi connectivity index (χ0) is 16.3. The molecule has 23 heavy (non-hydrogen) atoms. The lowest BCUT2D eigenvalue weighted by atomic mass is 9.79. The van der Waals surface area contributed by atoms with Gasteiger partial charge in [0.15, 0.2) is 5.82 Å². The van der Waals surface area contributed by atoms with E-state index in [9.17, 15) is 9.90 Å². The van der Waals surface area contributed by atoms with Gasteiger partial charge in [-0.25, -0.2) is 4.79 Å². The van der Waals surface area contributed by atoms with Crippen molar-refractivity contribution in [3.63, 3.8) is 0 Å². The Balaban J connectivity index is 1.56. The van der Waals surface area contributed by atoms with Gasteiger partial charge in [0, 0.05) is 6.92 Å². The molecule has 0 saturated heterocycles. The zero-order valence-electron chi connectivity index (χ0n) is 13.0. The molecule has 1 aliphatic rings. The van der Waals surface area contributed by atoms with Gasteiger partial charge in [-0.3, -0.25) is 0 Å². The number of nitrogens with one attached hydrogen (secondary N) is 2. The topological polar surface area (TPSA) is 100 Å². The number of rotatable bonds is 4. The van der Waals surface area contributed by atoms with Crippen LogP contribution in [0, 0.1) is 6.92 Å². The highest BCUT2D eigenvalue weighted by molar-refractivity contribution is 5.73. The molecule has 7 nitrogen and oxygen atoms in total. The third kappa shape index (κ3) is 3.50. The Morgan fingerprint density at radius 1 is 1.39 bits per heavy atom. The predicted octanol–water partition coefficient (Wildman–Crippen LogP) is 1.40. The van der Waals surface area contributed by atoms with Crippen molar-refractivity contribution < 1.29 is 14.4 Å². The van der Waals surface area contributed by atoms with Crippen molar-refractivity contribution in [2.45, 2.75) is 38.3 Å². The smallest absolute Gasteiger partial charge is 0.315 e. The van der Waals surface area contributed by atoms with Gasteiger partial charge >= 0.3 is 6.03 Å². The van der Waals surface area contributed by atoms with Gasteiger partial charge in [0.25, 0.3) is 0 Å². The van der Waals surface area contributed by atoms with E-state index in [2.05, 4.69) is 20.8 Å². The summed E-state index contributed by atoms with van der Waals surface area (Å²) in [4.78, 5) is 15.9. The number of hydrogen-bond donors (Lipinski definition) is 3. The van der Waals surface area contributed by atoms with Crippen LogP contribution in [0.3, 0.4) is 0 Å². The number of aryl methyl sites for hydroxylation is 2. The summed E-state index contributed by atoms with van der Waals surface area (Å²) < 4.78 is 4.83. The summed E-state index contributed by atoms with van der Waals surface area (Å²) in [6.45, 7) is 2.03. The van der Waals surface area contributed by atoms with Gasteiger partial charge in [-0.2, -0.15) is 4.98 Å². The number of amides is 2. The number of hydrogen-bond acceptors (Lipinski definition) is 5. The van der Waals surface area contributed by atoms with Crippen LogP contribution in [0.1, 0.15) is 35.7 Å². The molecule has 0 bridgehead atoms. The van der Waals surface area contributed by atoms with Gasteiger partial charge < -0.3 is 20.3 Å². The molecule has 1 atom stereocenters. The van der Waals surface area contributed by atoms with Crippen molar-refractivity contribution >= 4 is 6.03 Å². The van der Waals surface area contributed by atoms with E-state index in [1.807, 2.05) is 24.3 Å². The number of fused-ring (bicyclic) bond motifs is 1. The number of carbonyl (C=O) groups excluding carboxylic acids is 1. The van der Waals surface area contributed by atoms with Crippen LogP contribution in [0.15, 0.2) is 28.8 Å². The van der Waals surface area contributed by atoms with Crippen LogP contribution in [0.25, 0.3) is 0 Å². The predicted molar refractivity (Wildman–Crippen MR) is 82.6 cm³/mol. The van der Waals surface area contributed by atoms with E-state index in [1.165, 1.54) is 0 Å². The summed E-state index contributed by atoms with van der Waals surface area (Å²) in [6.07, 6.45) is 2.50. The van der Waals surface area contributed by atoms with Gasteiger partial charge in [0.05, 0.1) is 13.1 Å². The summed E-state index contributed by atoms with van der Waals surface area (Å²) >= 11 is 0. The van der Waals surface area contributed by atoms with Crippen molar-refractivity contribution in [3.05, 3.63) is 47.1 Å².